The summed E-state index contributed by atoms with van der Waals surface area (Å²) in [6.07, 6.45) is 5.81. The average molecular weight is 324 g/mol. The molecule has 0 aromatic carbocycles. The molecule has 0 N–H and O–H groups in total. The van der Waals surface area contributed by atoms with E-state index in [-0.39, 0.29) is 0 Å². The fraction of sp³-hybridized carbons (Fsp3) is 1.00. The molecule has 0 saturated carbocycles. The van der Waals surface area contributed by atoms with Crippen LogP contribution in [-0.4, -0.2) is 70.0 Å². The monoisotopic (exact) mass is 326 g/mol. The zero-order chi connectivity index (χ0) is 10.3. The van der Waals surface area contributed by atoms with Gasteiger partial charge in [-0.2, -0.15) is 0 Å². The summed E-state index contributed by atoms with van der Waals surface area (Å²) in [5.41, 5.74) is 0. The molecular formula is C12H24N2Te. The molecule has 2 rings (SSSR count). The molecule has 2 aliphatic heterocycles. The Morgan fingerprint density at radius 2 is 1.07 bits per heavy atom. The molecule has 0 aromatic rings. The Balaban J connectivity index is 1.41. The molecule has 0 aliphatic carbocycles. The molecule has 88 valence electrons. The van der Waals surface area contributed by atoms with Gasteiger partial charge in [0.2, 0.25) is 0 Å². The maximum absolute atomic E-state index is 2.67. The Morgan fingerprint density at radius 3 is 1.47 bits per heavy atom. The SMILES string of the molecule is C1CCN(CC[Te]CCN2CCCC2)C1. The van der Waals surface area contributed by atoms with Gasteiger partial charge in [-0.3, -0.25) is 0 Å². The quantitative estimate of drug-likeness (QED) is 0.542. The third-order valence-electron chi connectivity index (χ3n) is 3.50. The predicted octanol–water partition coefficient (Wildman–Crippen LogP) is 1.72. The van der Waals surface area contributed by atoms with Gasteiger partial charge >= 0.3 is 105 Å². The van der Waals surface area contributed by atoms with Crippen molar-refractivity contribution < 1.29 is 0 Å². The van der Waals surface area contributed by atoms with Gasteiger partial charge in [-0.05, 0) is 0 Å². The maximum atomic E-state index is 2.67. The summed E-state index contributed by atoms with van der Waals surface area (Å²) in [5.74, 6) is 0. The van der Waals surface area contributed by atoms with Gasteiger partial charge < -0.3 is 0 Å². The standard InChI is InChI=1S/C12H24N2Te/c1-2-6-13(5-1)9-11-15-12-10-14-7-3-4-8-14/h1-12H2. The van der Waals surface area contributed by atoms with Crippen molar-refractivity contribution in [1.29, 1.82) is 0 Å². The van der Waals surface area contributed by atoms with Crippen molar-refractivity contribution in [2.24, 2.45) is 0 Å². The number of likely N-dealkylation sites (tertiary alicyclic amines) is 2. The summed E-state index contributed by atoms with van der Waals surface area (Å²) < 4.78 is 3.11. The van der Waals surface area contributed by atoms with Crippen LogP contribution >= 0.6 is 0 Å². The first-order valence-corrected chi connectivity index (χ1v) is 9.77. The summed E-state index contributed by atoms with van der Waals surface area (Å²) in [6.45, 7) is 8.39. The molecule has 0 atom stereocenters. The van der Waals surface area contributed by atoms with Gasteiger partial charge in [-0.25, -0.2) is 0 Å². The van der Waals surface area contributed by atoms with Crippen LogP contribution in [0.15, 0.2) is 0 Å². The van der Waals surface area contributed by atoms with Crippen molar-refractivity contribution in [2.45, 2.75) is 34.6 Å². The Hall–Kier alpha value is 0.710. The van der Waals surface area contributed by atoms with Gasteiger partial charge in [0.1, 0.15) is 0 Å². The molecule has 3 heteroatoms. The summed E-state index contributed by atoms with van der Waals surface area (Å²) in [7, 11) is 0. The Labute approximate surface area is 104 Å². The van der Waals surface area contributed by atoms with E-state index in [0.717, 1.165) is 0 Å². The first-order chi connectivity index (χ1) is 7.45. The normalized spacial score (nSPS) is 24.0. The molecule has 2 aliphatic rings. The Morgan fingerprint density at radius 1 is 0.667 bits per heavy atom. The molecule has 2 saturated heterocycles. The van der Waals surface area contributed by atoms with Gasteiger partial charge in [0.05, 0.1) is 0 Å². The molecule has 2 nitrogen and oxygen atoms in total. The van der Waals surface area contributed by atoms with Crippen molar-refractivity contribution in [1.82, 2.24) is 9.80 Å². The molecule has 0 radical (unpaired) electrons. The van der Waals surface area contributed by atoms with E-state index in [1.807, 2.05) is 0 Å². The molecule has 0 bridgehead atoms. The van der Waals surface area contributed by atoms with Gasteiger partial charge in [-0.15, -0.1) is 0 Å². The molecule has 2 fully saturated rings. The van der Waals surface area contributed by atoms with E-state index in [2.05, 4.69) is 9.80 Å². The second kappa shape index (κ2) is 7.12. The van der Waals surface area contributed by atoms with Crippen LogP contribution in [0.1, 0.15) is 25.7 Å². The Kier molecular flexibility index (Phi) is 5.78. The van der Waals surface area contributed by atoms with E-state index < -0.39 is 0 Å². The molecule has 15 heavy (non-hydrogen) atoms. The van der Waals surface area contributed by atoms with Gasteiger partial charge in [0, 0.05) is 0 Å². The van der Waals surface area contributed by atoms with Gasteiger partial charge in [0.15, 0.2) is 0 Å². The zero-order valence-electron chi connectivity index (χ0n) is 9.79. The van der Waals surface area contributed by atoms with Crippen LogP contribution < -0.4 is 0 Å². The molecular weight excluding hydrogens is 300 g/mol. The summed E-state index contributed by atoms with van der Waals surface area (Å²) in [4.78, 5) is 5.33. The molecule has 0 aromatic heterocycles. The summed E-state index contributed by atoms with van der Waals surface area (Å²) >= 11 is 0.336. The number of hydrogen-bond acceptors (Lipinski definition) is 2. The number of nitrogens with zero attached hydrogens (tertiary/aromatic N) is 2. The topological polar surface area (TPSA) is 6.48 Å². The summed E-state index contributed by atoms with van der Waals surface area (Å²) in [5, 5.41) is 0. The van der Waals surface area contributed by atoms with Crippen LogP contribution in [0.3, 0.4) is 0 Å². The van der Waals surface area contributed by atoms with E-state index in [0.29, 0.717) is 20.9 Å². The summed E-state index contributed by atoms with van der Waals surface area (Å²) in [6, 6.07) is 0. The predicted molar refractivity (Wildman–Crippen MR) is 66.7 cm³/mol. The molecule has 0 spiro atoms. The van der Waals surface area contributed by atoms with Crippen LogP contribution in [0, 0.1) is 0 Å². The van der Waals surface area contributed by atoms with Crippen LogP contribution in [0.2, 0.25) is 8.94 Å². The van der Waals surface area contributed by atoms with Crippen molar-refractivity contribution in [2.75, 3.05) is 39.3 Å². The second-order valence-corrected chi connectivity index (χ2v) is 8.21. The minimum absolute atomic E-state index is 0.336. The van der Waals surface area contributed by atoms with E-state index in [9.17, 15) is 0 Å². The van der Waals surface area contributed by atoms with Gasteiger partial charge in [0.25, 0.3) is 0 Å². The van der Waals surface area contributed by atoms with E-state index in [1.54, 1.807) is 8.94 Å². The fourth-order valence-electron chi connectivity index (χ4n) is 2.50. The van der Waals surface area contributed by atoms with Gasteiger partial charge in [-0.1, -0.05) is 0 Å². The van der Waals surface area contributed by atoms with Crippen molar-refractivity contribution in [3.8, 4) is 0 Å². The number of hydrogen-bond donors (Lipinski definition) is 0. The van der Waals surface area contributed by atoms with Crippen LogP contribution in [0.25, 0.3) is 0 Å². The average Bonchev–Trinajstić information content (AvgIpc) is 2.88. The van der Waals surface area contributed by atoms with Crippen LogP contribution in [0.4, 0.5) is 0 Å². The van der Waals surface area contributed by atoms with E-state index in [1.165, 1.54) is 65.0 Å². The second-order valence-electron chi connectivity index (χ2n) is 4.71. The van der Waals surface area contributed by atoms with Crippen molar-refractivity contribution in [3.05, 3.63) is 0 Å². The Bertz CT molecular complexity index is 145. The third-order valence-corrected chi connectivity index (χ3v) is 6.19. The van der Waals surface area contributed by atoms with Crippen LogP contribution in [-0.2, 0) is 0 Å². The zero-order valence-corrected chi connectivity index (χ0v) is 12.1. The molecule has 0 amide bonds. The minimum atomic E-state index is 0.336. The van der Waals surface area contributed by atoms with Crippen molar-refractivity contribution in [3.63, 3.8) is 0 Å². The van der Waals surface area contributed by atoms with Crippen molar-refractivity contribution >= 4 is 20.9 Å². The first kappa shape index (κ1) is 12.2. The van der Waals surface area contributed by atoms with E-state index >= 15 is 0 Å². The third kappa shape index (κ3) is 4.61. The molecule has 2 heterocycles. The van der Waals surface area contributed by atoms with Crippen LogP contribution in [0.5, 0.6) is 0 Å². The fourth-order valence-corrected chi connectivity index (χ4v) is 5.30. The first-order valence-electron chi connectivity index (χ1n) is 6.47. The number of rotatable bonds is 6. The molecule has 0 unspecified atom stereocenters. The van der Waals surface area contributed by atoms with E-state index in [4.69, 9.17) is 0 Å².